The first-order valence-corrected chi connectivity index (χ1v) is 8.14. The number of aromatic nitrogens is 2. The van der Waals surface area contributed by atoms with E-state index < -0.39 is 0 Å². The molecule has 0 unspecified atom stereocenters. The van der Waals surface area contributed by atoms with Gasteiger partial charge in [-0.3, -0.25) is 9.59 Å². The van der Waals surface area contributed by atoms with E-state index in [9.17, 15) is 9.59 Å². The molecule has 0 aliphatic carbocycles. The van der Waals surface area contributed by atoms with Gasteiger partial charge in [-0.25, -0.2) is 9.97 Å². The molecule has 0 atom stereocenters. The van der Waals surface area contributed by atoms with Crippen LogP contribution in [0.1, 0.15) is 45.8 Å². The molecule has 0 bridgehead atoms. The number of likely N-dealkylation sites (tertiary alicyclic amines) is 1. The highest BCUT2D eigenvalue weighted by atomic mass is 16.2. The van der Waals surface area contributed by atoms with Gasteiger partial charge in [0.1, 0.15) is 11.6 Å². The van der Waals surface area contributed by atoms with Crippen LogP contribution in [0, 0.1) is 6.92 Å². The van der Waals surface area contributed by atoms with Gasteiger partial charge in [-0.05, 0) is 50.5 Å². The molecule has 1 saturated heterocycles. The Hall–Kier alpha value is -2.76. The van der Waals surface area contributed by atoms with E-state index in [4.69, 9.17) is 0 Å². The van der Waals surface area contributed by atoms with Gasteiger partial charge in [0.2, 0.25) is 0 Å². The third-order valence-electron chi connectivity index (χ3n) is 4.03. The second-order valence-corrected chi connectivity index (χ2v) is 5.88. The molecule has 0 spiro atoms. The summed E-state index contributed by atoms with van der Waals surface area (Å²) in [7, 11) is 0. The summed E-state index contributed by atoms with van der Waals surface area (Å²) >= 11 is 0. The van der Waals surface area contributed by atoms with Gasteiger partial charge in [0.05, 0.1) is 0 Å². The number of hydrogen-bond acceptors (Lipinski definition) is 4. The molecule has 0 radical (unpaired) electrons. The van der Waals surface area contributed by atoms with E-state index in [2.05, 4.69) is 15.3 Å². The van der Waals surface area contributed by atoms with Crippen LogP contribution in [0.25, 0.3) is 0 Å². The standard InChI is InChI=1S/C18H20N4O2/c1-13-19-9-8-16(20-13)21-17(23)14-6-5-7-15(12-14)18(24)22-10-3-2-4-11-22/h5-9,12H,2-4,10-11H2,1H3,(H,19,20,21,23). The number of anilines is 1. The minimum Gasteiger partial charge on any atom is -0.339 e. The first-order chi connectivity index (χ1) is 11.6. The molecule has 2 aromatic rings. The third-order valence-corrected chi connectivity index (χ3v) is 4.03. The van der Waals surface area contributed by atoms with E-state index >= 15 is 0 Å². The maximum Gasteiger partial charge on any atom is 0.256 e. The van der Waals surface area contributed by atoms with Gasteiger partial charge >= 0.3 is 0 Å². The summed E-state index contributed by atoms with van der Waals surface area (Å²) in [4.78, 5) is 34.9. The molecule has 1 N–H and O–H groups in total. The molecule has 0 saturated carbocycles. The monoisotopic (exact) mass is 324 g/mol. The van der Waals surface area contributed by atoms with Crippen molar-refractivity contribution in [3.63, 3.8) is 0 Å². The van der Waals surface area contributed by atoms with Crippen molar-refractivity contribution >= 4 is 17.6 Å². The quantitative estimate of drug-likeness (QED) is 0.942. The van der Waals surface area contributed by atoms with Crippen LogP contribution in [0.3, 0.4) is 0 Å². The van der Waals surface area contributed by atoms with Crippen LogP contribution in [-0.4, -0.2) is 39.8 Å². The minimum absolute atomic E-state index is 0.0118. The molecule has 124 valence electrons. The number of piperidine rings is 1. The van der Waals surface area contributed by atoms with Crippen molar-refractivity contribution in [2.45, 2.75) is 26.2 Å². The van der Waals surface area contributed by atoms with Crippen molar-refractivity contribution in [3.8, 4) is 0 Å². The SMILES string of the molecule is Cc1nccc(NC(=O)c2cccc(C(=O)N3CCCCC3)c2)n1. The number of nitrogens with zero attached hydrogens (tertiary/aromatic N) is 3. The Morgan fingerprint density at radius 3 is 2.58 bits per heavy atom. The largest absolute Gasteiger partial charge is 0.339 e. The summed E-state index contributed by atoms with van der Waals surface area (Å²) in [5.74, 6) is 0.728. The predicted octanol–water partition coefficient (Wildman–Crippen LogP) is 2.66. The molecular weight excluding hydrogens is 304 g/mol. The molecule has 1 aliphatic rings. The number of hydrogen-bond donors (Lipinski definition) is 1. The van der Waals surface area contributed by atoms with Gasteiger partial charge in [0, 0.05) is 30.4 Å². The first kappa shape index (κ1) is 16.1. The zero-order valence-corrected chi connectivity index (χ0v) is 13.7. The molecule has 1 aromatic carbocycles. The van der Waals surface area contributed by atoms with Crippen molar-refractivity contribution in [2.24, 2.45) is 0 Å². The van der Waals surface area contributed by atoms with Crippen molar-refractivity contribution in [3.05, 3.63) is 53.5 Å². The highest BCUT2D eigenvalue weighted by molar-refractivity contribution is 6.05. The van der Waals surface area contributed by atoms with E-state index in [1.165, 1.54) is 6.42 Å². The fourth-order valence-corrected chi connectivity index (χ4v) is 2.79. The van der Waals surface area contributed by atoms with Crippen LogP contribution in [0.2, 0.25) is 0 Å². The Kier molecular flexibility index (Phi) is 4.84. The van der Waals surface area contributed by atoms with Crippen LogP contribution in [-0.2, 0) is 0 Å². The van der Waals surface area contributed by atoms with Gasteiger partial charge in [-0.2, -0.15) is 0 Å². The molecular formula is C18H20N4O2. The van der Waals surface area contributed by atoms with Crippen LogP contribution >= 0.6 is 0 Å². The van der Waals surface area contributed by atoms with Crippen LogP contribution in [0.5, 0.6) is 0 Å². The minimum atomic E-state index is -0.290. The average molecular weight is 324 g/mol. The molecule has 1 aromatic heterocycles. The summed E-state index contributed by atoms with van der Waals surface area (Å²) in [6, 6.07) is 8.45. The lowest BCUT2D eigenvalue weighted by molar-refractivity contribution is 0.0724. The molecule has 3 rings (SSSR count). The summed E-state index contributed by atoms with van der Waals surface area (Å²) in [5.41, 5.74) is 0.984. The Morgan fingerprint density at radius 2 is 1.83 bits per heavy atom. The topological polar surface area (TPSA) is 75.2 Å². The van der Waals surface area contributed by atoms with E-state index in [1.807, 2.05) is 4.90 Å². The normalized spacial score (nSPS) is 14.3. The van der Waals surface area contributed by atoms with E-state index in [1.54, 1.807) is 43.5 Å². The van der Waals surface area contributed by atoms with Crippen molar-refractivity contribution in [1.29, 1.82) is 0 Å². The Morgan fingerprint density at radius 1 is 1.08 bits per heavy atom. The number of nitrogens with one attached hydrogen (secondary N) is 1. The highest BCUT2D eigenvalue weighted by Crippen LogP contribution is 2.15. The zero-order valence-electron chi connectivity index (χ0n) is 13.7. The summed E-state index contributed by atoms with van der Waals surface area (Å²) < 4.78 is 0. The van der Waals surface area contributed by atoms with E-state index in [-0.39, 0.29) is 11.8 Å². The van der Waals surface area contributed by atoms with E-state index in [0.29, 0.717) is 22.8 Å². The average Bonchev–Trinajstić information content (AvgIpc) is 2.62. The Bertz CT molecular complexity index is 754. The Balaban J connectivity index is 1.74. The summed E-state index contributed by atoms with van der Waals surface area (Å²) in [5, 5.41) is 2.73. The van der Waals surface area contributed by atoms with Gasteiger partial charge in [-0.15, -0.1) is 0 Å². The smallest absolute Gasteiger partial charge is 0.256 e. The molecule has 2 heterocycles. The Labute approximate surface area is 140 Å². The van der Waals surface area contributed by atoms with Crippen molar-refractivity contribution in [1.82, 2.24) is 14.9 Å². The lowest BCUT2D eigenvalue weighted by atomic mass is 10.1. The lowest BCUT2D eigenvalue weighted by Gasteiger charge is -2.26. The second kappa shape index (κ2) is 7.21. The fraction of sp³-hybridized carbons (Fsp3) is 0.333. The number of aryl methyl sites for hydroxylation is 1. The number of amides is 2. The second-order valence-electron chi connectivity index (χ2n) is 5.88. The van der Waals surface area contributed by atoms with Gasteiger partial charge < -0.3 is 10.2 Å². The van der Waals surface area contributed by atoms with Crippen LogP contribution in [0.15, 0.2) is 36.5 Å². The highest BCUT2D eigenvalue weighted by Gasteiger charge is 2.19. The van der Waals surface area contributed by atoms with Crippen molar-refractivity contribution in [2.75, 3.05) is 18.4 Å². The first-order valence-electron chi connectivity index (χ1n) is 8.14. The van der Waals surface area contributed by atoms with Crippen molar-refractivity contribution < 1.29 is 9.59 Å². The predicted molar refractivity (Wildman–Crippen MR) is 90.9 cm³/mol. The number of carbonyl (C=O) groups is 2. The zero-order chi connectivity index (χ0) is 16.9. The molecule has 1 aliphatic heterocycles. The summed E-state index contributed by atoms with van der Waals surface area (Å²) in [6.07, 6.45) is 4.84. The third kappa shape index (κ3) is 3.76. The maximum absolute atomic E-state index is 12.6. The van der Waals surface area contributed by atoms with Gasteiger partial charge in [-0.1, -0.05) is 6.07 Å². The lowest BCUT2D eigenvalue weighted by Crippen LogP contribution is -2.35. The summed E-state index contributed by atoms with van der Waals surface area (Å²) in [6.45, 7) is 3.33. The number of rotatable bonds is 3. The fourth-order valence-electron chi connectivity index (χ4n) is 2.79. The van der Waals surface area contributed by atoms with Crippen LogP contribution < -0.4 is 5.32 Å². The number of benzene rings is 1. The number of carbonyl (C=O) groups excluding carboxylic acids is 2. The molecule has 6 heteroatoms. The van der Waals surface area contributed by atoms with E-state index in [0.717, 1.165) is 25.9 Å². The maximum atomic E-state index is 12.6. The molecule has 2 amide bonds. The van der Waals surface area contributed by atoms with Gasteiger partial charge in [0.25, 0.3) is 11.8 Å². The molecule has 6 nitrogen and oxygen atoms in total. The molecule has 1 fully saturated rings. The molecule has 24 heavy (non-hydrogen) atoms. The van der Waals surface area contributed by atoms with Crippen LogP contribution in [0.4, 0.5) is 5.82 Å². The van der Waals surface area contributed by atoms with Gasteiger partial charge in [0.15, 0.2) is 0 Å².